The summed E-state index contributed by atoms with van der Waals surface area (Å²) in [5, 5.41) is 2.94. The predicted molar refractivity (Wildman–Crippen MR) is 60.7 cm³/mol. The molecule has 1 fully saturated rings. The van der Waals surface area contributed by atoms with Crippen LogP contribution < -0.4 is 10.2 Å². The summed E-state index contributed by atoms with van der Waals surface area (Å²) in [7, 11) is 3.90. The lowest BCUT2D eigenvalue weighted by molar-refractivity contribution is 0.882. The highest BCUT2D eigenvalue weighted by Crippen LogP contribution is 2.33. The molecule has 0 saturated heterocycles. The van der Waals surface area contributed by atoms with Crippen LogP contribution in [-0.2, 0) is 0 Å². The van der Waals surface area contributed by atoms with E-state index in [0.29, 0.717) is 12.0 Å². The minimum Gasteiger partial charge on any atom is -0.357 e. The van der Waals surface area contributed by atoms with Crippen molar-refractivity contribution in [3.05, 3.63) is 10.7 Å². The molecule has 1 aromatic heterocycles. The quantitative estimate of drug-likeness (QED) is 0.897. The molecule has 1 aliphatic carbocycles. The third-order valence-electron chi connectivity index (χ3n) is 2.38. The average Bonchev–Trinajstić information content (AvgIpc) is 3.01. The zero-order chi connectivity index (χ0) is 10.1. The summed E-state index contributed by atoms with van der Waals surface area (Å²) in [6.45, 7) is 0. The Morgan fingerprint density at radius 3 is 2.86 bits per heavy atom. The molecule has 5 heteroatoms. The second-order valence-electron chi connectivity index (χ2n) is 3.46. The van der Waals surface area contributed by atoms with Gasteiger partial charge in [-0.3, -0.25) is 0 Å². The lowest BCUT2D eigenvalue weighted by Gasteiger charge is -2.18. The van der Waals surface area contributed by atoms with Gasteiger partial charge in [0.05, 0.1) is 4.47 Å². The van der Waals surface area contributed by atoms with Crippen LogP contribution in [0.2, 0.25) is 0 Å². The van der Waals surface area contributed by atoms with Gasteiger partial charge in [-0.25, -0.2) is 4.98 Å². The van der Waals surface area contributed by atoms with E-state index in [9.17, 15) is 0 Å². The molecule has 1 saturated carbocycles. The molecule has 1 heterocycles. The molecule has 0 radical (unpaired) electrons. The fourth-order valence-electron chi connectivity index (χ4n) is 1.36. The lowest BCUT2D eigenvalue weighted by atomic mass is 10.5. The second kappa shape index (κ2) is 3.73. The van der Waals surface area contributed by atoms with E-state index >= 15 is 0 Å². The molecule has 0 spiro atoms. The molecule has 1 aromatic rings. The van der Waals surface area contributed by atoms with Crippen LogP contribution in [0.3, 0.4) is 0 Å². The third kappa shape index (κ3) is 1.82. The fraction of sp³-hybridized carbons (Fsp3) is 0.556. The number of halogens is 1. The Kier molecular flexibility index (Phi) is 2.58. The van der Waals surface area contributed by atoms with Gasteiger partial charge in [-0.1, -0.05) is 0 Å². The Labute approximate surface area is 91.9 Å². The Morgan fingerprint density at radius 2 is 2.29 bits per heavy atom. The summed E-state index contributed by atoms with van der Waals surface area (Å²) >= 11 is 3.46. The number of hydrogen-bond acceptors (Lipinski definition) is 4. The van der Waals surface area contributed by atoms with Crippen molar-refractivity contribution >= 4 is 27.7 Å². The highest BCUT2D eigenvalue weighted by atomic mass is 79.9. The molecule has 0 bridgehead atoms. The summed E-state index contributed by atoms with van der Waals surface area (Å²) in [5.41, 5.74) is 0. The third-order valence-corrected chi connectivity index (χ3v) is 2.94. The summed E-state index contributed by atoms with van der Waals surface area (Å²) < 4.78 is 0.950. The number of nitrogens with one attached hydrogen (secondary N) is 1. The number of anilines is 2. The van der Waals surface area contributed by atoms with Crippen molar-refractivity contribution in [3.63, 3.8) is 0 Å². The normalized spacial score (nSPS) is 15.4. The molecule has 2 rings (SSSR count). The first-order valence-corrected chi connectivity index (χ1v) is 5.45. The van der Waals surface area contributed by atoms with Crippen LogP contribution in [0, 0.1) is 0 Å². The van der Waals surface area contributed by atoms with Gasteiger partial charge in [0.25, 0.3) is 0 Å². The minimum atomic E-state index is 0.658. The van der Waals surface area contributed by atoms with Gasteiger partial charge < -0.3 is 10.2 Å². The maximum atomic E-state index is 4.41. The molecule has 0 aromatic carbocycles. The zero-order valence-corrected chi connectivity index (χ0v) is 9.87. The zero-order valence-electron chi connectivity index (χ0n) is 8.29. The van der Waals surface area contributed by atoms with E-state index in [4.69, 9.17) is 0 Å². The van der Waals surface area contributed by atoms with Crippen molar-refractivity contribution in [1.82, 2.24) is 9.97 Å². The molecule has 76 valence electrons. The van der Waals surface area contributed by atoms with Crippen LogP contribution in [-0.4, -0.2) is 30.1 Å². The summed E-state index contributed by atoms with van der Waals surface area (Å²) in [5.74, 6) is 1.63. The first-order chi connectivity index (χ1) is 6.72. The van der Waals surface area contributed by atoms with E-state index in [1.165, 1.54) is 12.8 Å². The maximum absolute atomic E-state index is 4.41. The standard InChI is InChI=1S/C9H13BrN4/c1-11-9-12-5-7(10)8(13-9)14(2)6-3-4-6/h5-6H,3-4H2,1-2H3,(H,11,12,13). The lowest BCUT2D eigenvalue weighted by Crippen LogP contribution is -2.21. The molecule has 0 atom stereocenters. The van der Waals surface area contributed by atoms with Crippen molar-refractivity contribution in [1.29, 1.82) is 0 Å². The topological polar surface area (TPSA) is 41.1 Å². The van der Waals surface area contributed by atoms with Gasteiger partial charge in [0.1, 0.15) is 5.82 Å². The molecule has 1 N–H and O–H groups in total. The van der Waals surface area contributed by atoms with Gasteiger partial charge in [-0.2, -0.15) is 4.98 Å². The van der Waals surface area contributed by atoms with Crippen LogP contribution in [0.25, 0.3) is 0 Å². The highest BCUT2D eigenvalue weighted by molar-refractivity contribution is 9.10. The highest BCUT2D eigenvalue weighted by Gasteiger charge is 2.28. The van der Waals surface area contributed by atoms with Crippen molar-refractivity contribution in [3.8, 4) is 0 Å². The smallest absolute Gasteiger partial charge is 0.224 e. The van der Waals surface area contributed by atoms with Gasteiger partial charge in [-0.15, -0.1) is 0 Å². The molecule has 4 nitrogen and oxygen atoms in total. The number of rotatable bonds is 3. The Morgan fingerprint density at radius 1 is 1.57 bits per heavy atom. The molecular weight excluding hydrogens is 244 g/mol. The minimum absolute atomic E-state index is 0.658. The van der Waals surface area contributed by atoms with Crippen LogP contribution >= 0.6 is 15.9 Å². The maximum Gasteiger partial charge on any atom is 0.224 e. The summed E-state index contributed by atoms with van der Waals surface area (Å²) in [6.07, 6.45) is 4.32. The first kappa shape index (κ1) is 9.71. The van der Waals surface area contributed by atoms with Gasteiger partial charge in [0.15, 0.2) is 0 Å². The van der Waals surface area contributed by atoms with Crippen LogP contribution in [0.5, 0.6) is 0 Å². The average molecular weight is 257 g/mol. The second-order valence-corrected chi connectivity index (χ2v) is 4.31. The molecule has 0 aliphatic heterocycles. The summed E-state index contributed by atoms with van der Waals surface area (Å²) in [6, 6.07) is 0.658. The van der Waals surface area contributed by atoms with Gasteiger partial charge in [-0.05, 0) is 28.8 Å². The van der Waals surface area contributed by atoms with Crippen LogP contribution in [0.1, 0.15) is 12.8 Å². The van der Waals surface area contributed by atoms with Crippen molar-refractivity contribution in [2.45, 2.75) is 18.9 Å². The number of nitrogens with zero attached hydrogens (tertiary/aromatic N) is 3. The Bertz CT molecular complexity index is 338. The predicted octanol–water partition coefficient (Wildman–Crippen LogP) is 1.88. The van der Waals surface area contributed by atoms with E-state index in [1.807, 2.05) is 7.05 Å². The van der Waals surface area contributed by atoms with E-state index in [0.717, 1.165) is 10.3 Å². The van der Waals surface area contributed by atoms with E-state index in [2.05, 4.69) is 43.2 Å². The van der Waals surface area contributed by atoms with Crippen molar-refractivity contribution < 1.29 is 0 Å². The van der Waals surface area contributed by atoms with E-state index in [-0.39, 0.29) is 0 Å². The Hall–Kier alpha value is -0.840. The van der Waals surface area contributed by atoms with Crippen LogP contribution in [0.15, 0.2) is 10.7 Å². The Balaban J connectivity index is 2.29. The molecule has 0 amide bonds. The molecule has 1 aliphatic rings. The van der Waals surface area contributed by atoms with E-state index in [1.54, 1.807) is 6.20 Å². The van der Waals surface area contributed by atoms with Crippen molar-refractivity contribution in [2.75, 3.05) is 24.3 Å². The van der Waals surface area contributed by atoms with Crippen LogP contribution in [0.4, 0.5) is 11.8 Å². The molecule has 0 unspecified atom stereocenters. The largest absolute Gasteiger partial charge is 0.357 e. The number of aromatic nitrogens is 2. The molecule has 14 heavy (non-hydrogen) atoms. The SMILES string of the molecule is CNc1ncc(Br)c(N(C)C2CC2)n1. The van der Waals surface area contributed by atoms with Gasteiger partial charge in [0.2, 0.25) is 5.95 Å². The van der Waals surface area contributed by atoms with Gasteiger partial charge >= 0.3 is 0 Å². The van der Waals surface area contributed by atoms with E-state index < -0.39 is 0 Å². The summed E-state index contributed by atoms with van der Waals surface area (Å²) in [4.78, 5) is 10.7. The van der Waals surface area contributed by atoms with Gasteiger partial charge in [0, 0.05) is 26.3 Å². The van der Waals surface area contributed by atoms with Crippen molar-refractivity contribution in [2.24, 2.45) is 0 Å². The monoisotopic (exact) mass is 256 g/mol. The number of hydrogen-bond donors (Lipinski definition) is 1. The first-order valence-electron chi connectivity index (χ1n) is 4.65. The molecular formula is C9H13BrN4. The fourth-order valence-corrected chi connectivity index (χ4v) is 1.83.